The highest BCUT2D eigenvalue weighted by Crippen LogP contribution is 2.20. The number of nitrogens with one attached hydrogen (secondary N) is 1. The number of aromatic nitrogens is 5. The van der Waals surface area contributed by atoms with Crippen LogP contribution in [0.4, 0.5) is 6.01 Å². The molecule has 0 aliphatic rings. The van der Waals surface area contributed by atoms with Gasteiger partial charge in [-0.05, 0) is 0 Å². The minimum absolute atomic E-state index is 0.455. The van der Waals surface area contributed by atoms with E-state index in [4.69, 9.17) is 4.42 Å². The van der Waals surface area contributed by atoms with Gasteiger partial charge in [-0.1, -0.05) is 12.0 Å². The summed E-state index contributed by atoms with van der Waals surface area (Å²) >= 11 is 1.56. The molecule has 0 amide bonds. The molecule has 0 spiro atoms. The molecule has 0 bridgehead atoms. The average Bonchev–Trinajstić information content (AvgIpc) is 3.17. The zero-order valence-electron chi connectivity index (χ0n) is 11.5. The Bertz CT molecular complexity index is 696. The third kappa shape index (κ3) is 3.40. The Kier molecular flexibility index (Phi) is 4.15. The molecule has 3 rings (SSSR count). The zero-order valence-corrected chi connectivity index (χ0v) is 12.3. The van der Waals surface area contributed by atoms with Crippen molar-refractivity contribution in [3.05, 3.63) is 35.6 Å². The smallest absolute Gasteiger partial charge is 0.315 e. The number of hydrogen-bond acceptors (Lipinski definition) is 8. The first-order valence-corrected chi connectivity index (χ1v) is 7.50. The topological polar surface area (TPSA) is 89.6 Å². The number of aryl methyl sites for hydroxylation is 1. The Hall–Kier alpha value is -2.35. The molecule has 1 N–H and O–H groups in total. The molecule has 0 fully saturated rings. The van der Waals surface area contributed by atoms with Crippen LogP contribution in [0.3, 0.4) is 0 Å². The number of thiazole rings is 1. The highest BCUT2D eigenvalue weighted by molar-refractivity contribution is 7.13. The van der Waals surface area contributed by atoms with E-state index in [1.54, 1.807) is 29.9 Å². The van der Waals surface area contributed by atoms with Crippen LogP contribution in [0.25, 0.3) is 10.7 Å². The monoisotopic (exact) mass is 302 g/mol. The van der Waals surface area contributed by atoms with Crippen LogP contribution in [0.1, 0.15) is 18.5 Å². The van der Waals surface area contributed by atoms with Gasteiger partial charge in [0.2, 0.25) is 5.89 Å². The first-order chi connectivity index (χ1) is 10.3. The average molecular weight is 302 g/mol. The molecule has 0 radical (unpaired) electrons. The van der Waals surface area contributed by atoms with Crippen molar-refractivity contribution >= 4 is 17.4 Å². The molecule has 3 aromatic heterocycles. The molecule has 0 aliphatic heterocycles. The Morgan fingerprint density at radius 2 is 2.24 bits per heavy atom. The maximum Gasteiger partial charge on any atom is 0.315 e. The van der Waals surface area contributed by atoms with Crippen LogP contribution in [0, 0.1) is 0 Å². The van der Waals surface area contributed by atoms with E-state index in [1.807, 2.05) is 12.3 Å². The SMILES string of the molecule is CCc1nnc(NCCc2csc(-c3cnccn3)n2)o1. The van der Waals surface area contributed by atoms with Gasteiger partial charge in [0.15, 0.2) is 0 Å². The Morgan fingerprint density at radius 3 is 3.00 bits per heavy atom. The van der Waals surface area contributed by atoms with Gasteiger partial charge >= 0.3 is 6.01 Å². The van der Waals surface area contributed by atoms with Gasteiger partial charge in [-0.2, -0.15) is 0 Å². The Labute approximate surface area is 125 Å². The van der Waals surface area contributed by atoms with Crippen LogP contribution < -0.4 is 5.32 Å². The van der Waals surface area contributed by atoms with Crippen LogP contribution in [-0.2, 0) is 12.8 Å². The molecule has 0 saturated heterocycles. The maximum absolute atomic E-state index is 5.38. The fourth-order valence-corrected chi connectivity index (χ4v) is 2.53. The molecule has 3 aromatic rings. The quantitative estimate of drug-likeness (QED) is 0.746. The normalized spacial score (nSPS) is 10.7. The standard InChI is InChI=1S/C13H14N6OS/c1-2-11-18-19-13(20-11)16-4-3-9-8-21-12(17-9)10-7-14-5-6-15-10/h5-8H,2-4H2,1H3,(H,16,19). The first-order valence-electron chi connectivity index (χ1n) is 6.62. The lowest BCUT2D eigenvalue weighted by atomic mass is 10.3. The molecule has 0 aliphatic carbocycles. The second-order valence-electron chi connectivity index (χ2n) is 4.27. The summed E-state index contributed by atoms with van der Waals surface area (Å²) in [4.78, 5) is 12.8. The van der Waals surface area contributed by atoms with Gasteiger partial charge in [-0.15, -0.1) is 16.4 Å². The fraction of sp³-hybridized carbons (Fsp3) is 0.308. The summed E-state index contributed by atoms with van der Waals surface area (Å²) < 4.78 is 5.38. The number of anilines is 1. The van der Waals surface area contributed by atoms with Crippen molar-refractivity contribution < 1.29 is 4.42 Å². The van der Waals surface area contributed by atoms with Crippen LogP contribution in [0.15, 0.2) is 28.4 Å². The van der Waals surface area contributed by atoms with E-state index in [2.05, 4.69) is 30.5 Å². The van der Waals surface area contributed by atoms with Crippen molar-refractivity contribution in [3.8, 4) is 10.7 Å². The lowest BCUT2D eigenvalue weighted by Crippen LogP contribution is -2.05. The van der Waals surface area contributed by atoms with E-state index >= 15 is 0 Å². The van der Waals surface area contributed by atoms with Gasteiger partial charge < -0.3 is 9.73 Å². The summed E-state index contributed by atoms with van der Waals surface area (Å²) in [5.41, 5.74) is 1.80. The van der Waals surface area contributed by atoms with Gasteiger partial charge in [-0.3, -0.25) is 9.97 Å². The molecular formula is C13H14N6OS. The molecule has 0 aromatic carbocycles. The van der Waals surface area contributed by atoms with Crippen LogP contribution in [0.5, 0.6) is 0 Å². The minimum Gasteiger partial charge on any atom is -0.408 e. The zero-order chi connectivity index (χ0) is 14.5. The lowest BCUT2D eigenvalue weighted by Gasteiger charge is -1.98. The van der Waals surface area contributed by atoms with Crippen molar-refractivity contribution in [2.24, 2.45) is 0 Å². The molecule has 0 atom stereocenters. The van der Waals surface area contributed by atoms with Crippen LogP contribution in [0.2, 0.25) is 0 Å². The number of nitrogens with zero attached hydrogens (tertiary/aromatic N) is 5. The van der Waals surface area contributed by atoms with Crippen molar-refractivity contribution in [1.82, 2.24) is 25.1 Å². The number of rotatable bonds is 6. The summed E-state index contributed by atoms with van der Waals surface area (Å²) in [7, 11) is 0. The molecular weight excluding hydrogens is 288 g/mol. The van der Waals surface area contributed by atoms with Crippen LogP contribution in [-0.4, -0.2) is 31.7 Å². The van der Waals surface area contributed by atoms with Crippen molar-refractivity contribution in [2.45, 2.75) is 19.8 Å². The summed E-state index contributed by atoms with van der Waals surface area (Å²) in [5, 5.41) is 13.8. The largest absolute Gasteiger partial charge is 0.408 e. The highest BCUT2D eigenvalue weighted by Gasteiger charge is 2.07. The maximum atomic E-state index is 5.38. The van der Waals surface area contributed by atoms with E-state index in [0.29, 0.717) is 18.5 Å². The van der Waals surface area contributed by atoms with Crippen molar-refractivity contribution in [2.75, 3.05) is 11.9 Å². The van der Waals surface area contributed by atoms with Gasteiger partial charge in [0, 0.05) is 37.2 Å². The molecule has 7 nitrogen and oxygen atoms in total. The number of hydrogen-bond donors (Lipinski definition) is 1. The summed E-state index contributed by atoms with van der Waals surface area (Å²) in [6.07, 6.45) is 6.55. The summed E-state index contributed by atoms with van der Waals surface area (Å²) in [6.45, 7) is 2.66. The van der Waals surface area contributed by atoms with Crippen molar-refractivity contribution in [1.29, 1.82) is 0 Å². The first kappa shape index (κ1) is 13.6. The van der Waals surface area contributed by atoms with E-state index < -0.39 is 0 Å². The molecule has 0 saturated carbocycles. The predicted octanol–water partition coefficient (Wildman–Crippen LogP) is 2.20. The molecule has 0 unspecified atom stereocenters. The lowest BCUT2D eigenvalue weighted by molar-refractivity contribution is 0.511. The Morgan fingerprint density at radius 1 is 1.29 bits per heavy atom. The third-order valence-electron chi connectivity index (χ3n) is 2.76. The van der Waals surface area contributed by atoms with Gasteiger partial charge in [0.05, 0.1) is 11.9 Å². The second kappa shape index (κ2) is 6.40. The molecule has 8 heteroatoms. The van der Waals surface area contributed by atoms with Crippen LogP contribution >= 0.6 is 11.3 Å². The molecule has 108 valence electrons. The van der Waals surface area contributed by atoms with E-state index in [9.17, 15) is 0 Å². The predicted molar refractivity (Wildman–Crippen MR) is 79.0 cm³/mol. The summed E-state index contributed by atoms with van der Waals surface area (Å²) in [5.74, 6) is 0.635. The van der Waals surface area contributed by atoms with Gasteiger partial charge in [0.1, 0.15) is 10.7 Å². The third-order valence-corrected chi connectivity index (χ3v) is 3.67. The van der Waals surface area contributed by atoms with Crippen molar-refractivity contribution in [3.63, 3.8) is 0 Å². The van der Waals surface area contributed by atoms with Gasteiger partial charge in [0.25, 0.3) is 0 Å². The van der Waals surface area contributed by atoms with E-state index in [-0.39, 0.29) is 0 Å². The molecule has 3 heterocycles. The van der Waals surface area contributed by atoms with E-state index in [1.165, 1.54) is 0 Å². The van der Waals surface area contributed by atoms with E-state index in [0.717, 1.165) is 29.2 Å². The summed E-state index contributed by atoms with van der Waals surface area (Å²) in [6, 6.07) is 0.455. The highest BCUT2D eigenvalue weighted by atomic mass is 32.1. The molecule has 21 heavy (non-hydrogen) atoms. The van der Waals surface area contributed by atoms with Gasteiger partial charge in [-0.25, -0.2) is 4.98 Å². The fourth-order valence-electron chi connectivity index (χ4n) is 1.71. The Balaban J connectivity index is 1.55. The minimum atomic E-state index is 0.455. The second-order valence-corrected chi connectivity index (χ2v) is 5.12.